The molecule has 0 atom stereocenters. The van der Waals surface area contributed by atoms with Crippen LogP contribution in [0.15, 0.2) is 42.5 Å². The van der Waals surface area contributed by atoms with E-state index in [-0.39, 0.29) is 36.3 Å². The van der Waals surface area contributed by atoms with E-state index >= 15 is 0 Å². The van der Waals surface area contributed by atoms with Crippen LogP contribution < -0.4 is 14.8 Å². The summed E-state index contributed by atoms with van der Waals surface area (Å²) in [5.41, 5.74) is 1.84. The second-order valence-electron chi connectivity index (χ2n) is 6.91. The second kappa shape index (κ2) is 11.1. The van der Waals surface area contributed by atoms with Gasteiger partial charge in [-0.15, -0.1) is 6.42 Å². The Labute approximate surface area is 184 Å². The molecule has 2 aromatic rings. The van der Waals surface area contributed by atoms with Crippen molar-refractivity contribution in [3.63, 3.8) is 0 Å². The smallest absolute Gasteiger partial charge is 0.422 e. The Morgan fingerprint density at radius 1 is 1.16 bits per heavy atom. The first-order valence-corrected chi connectivity index (χ1v) is 9.58. The lowest BCUT2D eigenvalue weighted by Crippen LogP contribution is -2.35. The van der Waals surface area contributed by atoms with Crippen LogP contribution in [0.25, 0.3) is 0 Å². The maximum Gasteiger partial charge on any atom is 0.422 e. The van der Waals surface area contributed by atoms with Crippen LogP contribution in [0.5, 0.6) is 11.5 Å². The van der Waals surface area contributed by atoms with Gasteiger partial charge in [0.15, 0.2) is 18.1 Å². The number of rotatable bonds is 9. The van der Waals surface area contributed by atoms with E-state index in [1.165, 1.54) is 31.2 Å². The molecule has 0 radical (unpaired) electrons. The minimum absolute atomic E-state index is 0.0393. The number of benzene rings is 2. The van der Waals surface area contributed by atoms with Gasteiger partial charge in [-0.05, 0) is 42.3 Å². The van der Waals surface area contributed by atoms with Crippen LogP contribution in [-0.4, -0.2) is 50.2 Å². The van der Waals surface area contributed by atoms with Crippen molar-refractivity contribution in [3.8, 4) is 23.8 Å². The van der Waals surface area contributed by atoms with Gasteiger partial charge in [-0.1, -0.05) is 18.1 Å². The molecule has 0 heterocycles. The van der Waals surface area contributed by atoms with Gasteiger partial charge in [0.1, 0.15) is 0 Å². The minimum atomic E-state index is -4.46. The van der Waals surface area contributed by atoms with Crippen molar-refractivity contribution < 1.29 is 32.2 Å². The Balaban J connectivity index is 1.88. The third kappa shape index (κ3) is 7.87. The lowest BCUT2D eigenvalue weighted by Gasteiger charge is -2.17. The zero-order chi connectivity index (χ0) is 23.7. The highest BCUT2D eigenvalue weighted by atomic mass is 19.4. The predicted octanol–water partition coefficient (Wildman–Crippen LogP) is 3.65. The first-order chi connectivity index (χ1) is 15.1. The molecule has 2 rings (SSSR count). The van der Waals surface area contributed by atoms with Gasteiger partial charge in [0.05, 0.1) is 13.7 Å². The summed E-state index contributed by atoms with van der Waals surface area (Å²) in [4.78, 5) is 25.9. The minimum Gasteiger partial charge on any atom is -0.493 e. The first kappa shape index (κ1) is 24.6. The summed E-state index contributed by atoms with van der Waals surface area (Å²) in [5.74, 6) is 1.93. The molecular formula is C23H23F3N2O4. The third-order valence-electron chi connectivity index (χ3n) is 4.37. The number of halogens is 3. The molecule has 0 aliphatic rings. The van der Waals surface area contributed by atoms with Crippen molar-refractivity contribution >= 4 is 17.5 Å². The molecule has 0 spiro atoms. The van der Waals surface area contributed by atoms with Gasteiger partial charge in [-0.25, -0.2) is 0 Å². The summed E-state index contributed by atoms with van der Waals surface area (Å²) in [7, 11) is 2.82. The average molecular weight is 448 g/mol. The predicted molar refractivity (Wildman–Crippen MR) is 114 cm³/mol. The van der Waals surface area contributed by atoms with Crippen LogP contribution in [0, 0.1) is 12.3 Å². The number of anilines is 1. The standard InChI is InChI=1S/C23H23F3N2O4/c1-4-16-6-5-7-18(12-16)27-21(29)14-28(2)22(30)11-9-17-8-10-19(20(13-17)31-3)32-15-23(24,25)26/h1,5-8,10,12-13H,9,11,14-15H2,2-3H3,(H,27,29). The molecular weight excluding hydrogens is 425 g/mol. The Kier molecular flexibility index (Phi) is 8.53. The van der Waals surface area contributed by atoms with Gasteiger partial charge in [-0.2, -0.15) is 13.2 Å². The van der Waals surface area contributed by atoms with Crippen molar-refractivity contribution in [2.45, 2.75) is 19.0 Å². The number of nitrogens with zero attached hydrogens (tertiary/aromatic N) is 1. The van der Waals surface area contributed by atoms with E-state index in [0.717, 1.165) is 0 Å². The maximum absolute atomic E-state index is 12.4. The van der Waals surface area contributed by atoms with E-state index in [0.29, 0.717) is 23.2 Å². The number of hydrogen-bond donors (Lipinski definition) is 1. The number of carbonyl (C=O) groups is 2. The number of carbonyl (C=O) groups excluding carboxylic acids is 2. The molecule has 0 saturated carbocycles. The number of terminal acetylenes is 1. The van der Waals surface area contributed by atoms with Crippen molar-refractivity contribution in [2.75, 3.05) is 32.6 Å². The SMILES string of the molecule is C#Cc1cccc(NC(=O)CN(C)C(=O)CCc2ccc(OCC(F)(F)F)c(OC)c2)c1. The van der Waals surface area contributed by atoms with Gasteiger partial charge in [-0.3, -0.25) is 9.59 Å². The third-order valence-corrected chi connectivity index (χ3v) is 4.37. The molecule has 0 fully saturated rings. The van der Waals surface area contributed by atoms with Gasteiger partial charge >= 0.3 is 6.18 Å². The highest BCUT2D eigenvalue weighted by Gasteiger charge is 2.29. The van der Waals surface area contributed by atoms with Crippen molar-refractivity contribution in [1.29, 1.82) is 0 Å². The molecule has 6 nitrogen and oxygen atoms in total. The number of nitrogens with one attached hydrogen (secondary N) is 1. The summed E-state index contributed by atoms with van der Waals surface area (Å²) in [6.07, 6.45) is 1.28. The van der Waals surface area contributed by atoms with Gasteiger partial charge < -0.3 is 19.7 Å². The summed E-state index contributed by atoms with van der Waals surface area (Å²) in [6.45, 7) is -1.58. The average Bonchev–Trinajstić information content (AvgIpc) is 2.75. The van der Waals surface area contributed by atoms with E-state index < -0.39 is 12.8 Å². The first-order valence-electron chi connectivity index (χ1n) is 9.58. The monoisotopic (exact) mass is 448 g/mol. The molecule has 9 heteroatoms. The van der Waals surface area contributed by atoms with Gasteiger partial charge in [0.2, 0.25) is 11.8 Å². The quantitative estimate of drug-likeness (QED) is 0.595. The number of amides is 2. The summed E-state index contributed by atoms with van der Waals surface area (Å²) < 4.78 is 46.8. The lowest BCUT2D eigenvalue weighted by atomic mass is 10.1. The molecule has 0 bridgehead atoms. The Hall–Kier alpha value is -3.67. The van der Waals surface area contributed by atoms with Crippen LogP contribution in [0.1, 0.15) is 17.5 Å². The molecule has 170 valence electrons. The van der Waals surface area contributed by atoms with E-state index in [1.54, 1.807) is 30.3 Å². The van der Waals surface area contributed by atoms with E-state index in [2.05, 4.69) is 11.2 Å². The summed E-state index contributed by atoms with van der Waals surface area (Å²) in [5, 5.41) is 2.68. The van der Waals surface area contributed by atoms with Crippen LogP contribution in [0.4, 0.5) is 18.9 Å². The van der Waals surface area contributed by atoms with Crippen molar-refractivity contribution in [1.82, 2.24) is 4.90 Å². The van der Waals surface area contributed by atoms with Gasteiger partial charge in [0.25, 0.3) is 0 Å². The maximum atomic E-state index is 12.4. The highest BCUT2D eigenvalue weighted by molar-refractivity contribution is 5.94. The van der Waals surface area contributed by atoms with Gasteiger partial charge in [0, 0.05) is 24.7 Å². The number of likely N-dealkylation sites (N-methyl/N-ethyl adjacent to an activating group) is 1. The van der Waals surface area contributed by atoms with Crippen LogP contribution >= 0.6 is 0 Å². The Morgan fingerprint density at radius 3 is 2.56 bits per heavy atom. The van der Waals surface area contributed by atoms with E-state index in [1.807, 2.05) is 0 Å². The molecule has 0 aromatic heterocycles. The summed E-state index contributed by atoms with van der Waals surface area (Å²) >= 11 is 0. The van der Waals surface area contributed by atoms with Crippen LogP contribution in [0.2, 0.25) is 0 Å². The number of aryl methyl sites for hydroxylation is 1. The van der Waals surface area contributed by atoms with E-state index in [9.17, 15) is 22.8 Å². The van der Waals surface area contributed by atoms with Crippen LogP contribution in [0.3, 0.4) is 0 Å². The molecule has 0 unspecified atom stereocenters. The fourth-order valence-electron chi connectivity index (χ4n) is 2.78. The summed E-state index contributed by atoms with van der Waals surface area (Å²) in [6, 6.07) is 11.2. The molecule has 1 N–H and O–H groups in total. The zero-order valence-electron chi connectivity index (χ0n) is 17.7. The normalized spacial score (nSPS) is 10.8. The van der Waals surface area contributed by atoms with Crippen LogP contribution in [-0.2, 0) is 16.0 Å². The molecule has 2 amide bonds. The Bertz CT molecular complexity index is 999. The molecule has 2 aromatic carbocycles. The topological polar surface area (TPSA) is 67.9 Å². The lowest BCUT2D eigenvalue weighted by molar-refractivity contribution is -0.153. The van der Waals surface area contributed by atoms with Crippen molar-refractivity contribution in [3.05, 3.63) is 53.6 Å². The second-order valence-corrected chi connectivity index (χ2v) is 6.91. The largest absolute Gasteiger partial charge is 0.493 e. The Morgan fingerprint density at radius 2 is 1.91 bits per heavy atom. The molecule has 0 aliphatic heterocycles. The van der Waals surface area contributed by atoms with E-state index in [4.69, 9.17) is 15.9 Å². The molecule has 0 saturated heterocycles. The number of alkyl halides is 3. The zero-order valence-corrected chi connectivity index (χ0v) is 17.7. The highest BCUT2D eigenvalue weighted by Crippen LogP contribution is 2.30. The van der Waals surface area contributed by atoms with Crippen molar-refractivity contribution in [2.24, 2.45) is 0 Å². The number of methoxy groups -OCH3 is 1. The number of ether oxygens (including phenoxy) is 2. The number of hydrogen-bond acceptors (Lipinski definition) is 4. The molecule has 0 aliphatic carbocycles. The molecule has 32 heavy (non-hydrogen) atoms. The fraction of sp³-hybridized carbons (Fsp3) is 0.304. The fourth-order valence-corrected chi connectivity index (χ4v) is 2.78.